The van der Waals surface area contributed by atoms with Gasteiger partial charge in [-0.05, 0) is 12.8 Å². The zero-order valence-corrected chi connectivity index (χ0v) is 11.4. The van der Waals surface area contributed by atoms with E-state index in [1.54, 1.807) is 7.11 Å². The maximum Gasteiger partial charge on any atom is 0.130 e. The average molecular weight is 251 g/mol. The molecule has 0 amide bonds. The van der Waals surface area contributed by atoms with Gasteiger partial charge in [0.2, 0.25) is 0 Å². The van der Waals surface area contributed by atoms with E-state index in [1.165, 1.54) is 0 Å². The molecule has 2 atom stereocenters. The third-order valence-corrected chi connectivity index (χ3v) is 3.11. The van der Waals surface area contributed by atoms with Crippen molar-refractivity contribution in [3.8, 4) is 0 Å². The Balaban J connectivity index is 2.13. The zero-order valence-electron chi connectivity index (χ0n) is 11.4. The first-order valence-electron chi connectivity index (χ1n) is 6.32. The van der Waals surface area contributed by atoms with Crippen LogP contribution in [0.3, 0.4) is 0 Å². The standard InChI is InChI=1S/C13H21N3O2/c1-8(2)10-5-13(15-9(3)14-10)16-11-6-18-7-12(11)17-4/h5,8,11-12H,6-7H2,1-4H3,(H,14,15,16)/t11-,12-/m1/s1. The molecule has 0 aliphatic carbocycles. The third kappa shape index (κ3) is 2.97. The Labute approximate surface area is 108 Å². The van der Waals surface area contributed by atoms with Gasteiger partial charge in [-0.2, -0.15) is 0 Å². The van der Waals surface area contributed by atoms with E-state index in [9.17, 15) is 0 Å². The van der Waals surface area contributed by atoms with Crippen molar-refractivity contribution < 1.29 is 9.47 Å². The number of hydrogen-bond acceptors (Lipinski definition) is 5. The topological polar surface area (TPSA) is 56.3 Å². The van der Waals surface area contributed by atoms with Gasteiger partial charge >= 0.3 is 0 Å². The fourth-order valence-electron chi connectivity index (χ4n) is 2.05. The minimum absolute atomic E-state index is 0.0859. The number of rotatable bonds is 4. The summed E-state index contributed by atoms with van der Waals surface area (Å²) in [5.74, 6) is 2.03. The lowest BCUT2D eigenvalue weighted by Crippen LogP contribution is -2.33. The fourth-order valence-corrected chi connectivity index (χ4v) is 2.05. The van der Waals surface area contributed by atoms with Crippen LogP contribution < -0.4 is 5.32 Å². The SMILES string of the molecule is CO[C@@H]1COC[C@H]1Nc1cc(C(C)C)nc(C)n1. The first-order valence-corrected chi connectivity index (χ1v) is 6.32. The van der Waals surface area contributed by atoms with Gasteiger partial charge in [0, 0.05) is 18.9 Å². The monoisotopic (exact) mass is 251 g/mol. The molecule has 0 spiro atoms. The Morgan fingerprint density at radius 3 is 2.83 bits per heavy atom. The van der Waals surface area contributed by atoms with Crippen LogP contribution in [0.2, 0.25) is 0 Å². The molecule has 5 nitrogen and oxygen atoms in total. The molecule has 2 rings (SSSR count). The largest absolute Gasteiger partial charge is 0.377 e. The van der Waals surface area contributed by atoms with E-state index >= 15 is 0 Å². The van der Waals surface area contributed by atoms with E-state index in [-0.39, 0.29) is 12.1 Å². The lowest BCUT2D eigenvalue weighted by Gasteiger charge is -2.19. The lowest BCUT2D eigenvalue weighted by molar-refractivity contribution is 0.0795. The van der Waals surface area contributed by atoms with E-state index in [0.29, 0.717) is 19.1 Å². The zero-order chi connectivity index (χ0) is 13.1. The van der Waals surface area contributed by atoms with Gasteiger partial charge in [0.05, 0.1) is 19.3 Å². The van der Waals surface area contributed by atoms with Crippen molar-refractivity contribution in [1.29, 1.82) is 0 Å². The van der Waals surface area contributed by atoms with E-state index in [4.69, 9.17) is 9.47 Å². The summed E-state index contributed by atoms with van der Waals surface area (Å²) in [5.41, 5.74) is 1.05. The summed E-state index contributed by atoms with van der Waals surface area (Å²) in [5, 5.41) is 3.38. The average Bonchev–Trinajstić information content (AvgIpc) is 2.75. The number of anilines is 1. The highest BCUT2D eigenvalue weighted by atomic mass is 16.5. The smallest absolute Gasteiger partial charge is 0.130 e. The number of ether oxygens (including phenoxy) is 2. The van der Waals surface area contributed by atoms with Crippen molar-refractivity contribution >= 4 is 5.82 Å². The third-order valence-electron chi connectivity index (χ3n) is 3.11. The molecule has 1 N–H and O–H groups in total. The normalized spacial score (nSPS) is 23.6. The highest BCUT2D eigenvalue weighted by molar-refractivity contribution is 5.38. The molecule has 0 unspecified atom stereocenters. The number of methoxy groups -OCH3 is 1. The summed E-state index contributed by atoms with van der Waals surface area (Å²) in [6.07, 6.45) is 0.0859. The first kappa shape index (κ1) is 13.2. The van der Waals surface area contributed by atoms with E-state index in [0.717, 1.165) is 17.3 Å². The summed E-state index contributed by atoms with van der Waals surface area (Å²) >= 11 is 0. The van der Waals surface area contributed by atoms with E-state index in [2.05, 4.69) is 29.1 Å². The van der Waals surface area contributed by atoms with Crippen molar-refractivity contribution in [3.05, 3.63) is 17.6 Å². The minimum Gasteiger partial charge on any atom is -0.377 e. The second kappa shape index (κ2) is 5.63. The molecule has 18 heavy (non-hydrogen) atoms. The van der Waals surface area contributed by atoms with Gasteiger partial charge in [0.25, 0.3) is 0 Å². The quantitative estimate of drug-likeness (QED) is 0.883. The van der Waals surface area contributed by atoms with Gasteiger partial charge in [-0.25, -0.2) is 9.97 Å². The predicted molar refractivity (Wildman–Crippen MR) is 69.9 cm³/mol. The van der Waals surface area contributed by atoms with Gasteiger partial charge < -0.3 is 14.8 Å². The van der Waals surface area contributed by atoms with Crippen molar-refractivity contribution in [2.75, 3.05) is 25.6 Å². The summed E-state index contributed by atoms with van der Waals surface area (Å²) < 4.78 is 10.8. The van der Waals surface area contributed by atoms with Gasteiger partial charge in [0.1, 0.15) is 17.7 Å². The molecule has 0 aromatic carbocycles. The van der Waals surface area contributed by atoms with Gasteiger partial charge in [0.15, 0.2) is 0 Å². The summed E-state index contributed by atoms with van der Waals surface area (Å²) in [4.78, 5) is 8.85. The Morgan fingerprint density at radius 2 is 2.17 bits per heavy atom. The molecule has 2 heterocycles. The molecule has 1 aromatic rings. The highest BCUT2D eigenvalue weighted by Gasteiger charge is 2.28. The molecule has 0 saturated carbocycles. The Morgan fingerprint density at radius 1 is 1.39 bits per heavy atom. The van der Waals surface area contributed by atoms with Crippen molar-refractivity contribution in [3.63, 3.8) is 0 Å². The van der Waals surface area contributed by atoms with Crippen molar-refractivity contribution in [1.82, 2.24) is 9.97 Å². The van der Waals surface area contributed by atoms with Crippen molar-refractivity contribution in [2.45, 2.75) is 38.8 Å². The second-order valence-electron chi connectivity index (χ2n) is 4.94. The molecule has 1 saturated heterocycles. The second-order valence-corrected chi connectivity index (χ2v) is 4.94. The van der Waals surface area contributed by atoms with Gasteiger partial charge in [-0.15, -0.1) is 0 Å². The van der Waals surface area contributed by atoms with Crippen LogP contribution in [0, 0.1) is 6.92 Å². The number of hydrogen-bond donors (Lipinski definition) is 1. The van der Waals surface area contributed by atoms with Crippen LogP contribution in [0.4, 0.5) is 5.82 Å². The minimum atomic E-state index is 0.0859. The maximum atomic E-state index is 5.41. The maximum absolute atomic E-state index is 5.41. The van der Waals surface area contributed by atoms with Crippen LogP contribution in [0.1, 0.15) is 31.3 Å². The van der Waals surface area contributed by atoms with Crippen LogP contribution in [0.15, 0.2) is 6.07 Å². The Bertz CT molecular complexity index is 409. The predicted octanol–water partition coefficient (Wildman–Crippen LogP) is 1.73. The van der Waals surface area contributed by atoms with E-state index < -0.39 is 0 Å². The number of nitrogens with zero attached hydrogens (tertiary/aromatic N) is 2. The Kier molecular flexibility index (Phi) is 4.14. The van der Waals surface area contributed by atoms with Crippen LogP contribution in [-0.2, 0) is 9.47 Å². The van der Waals surface area contributed by atoms with E-state index in [1.807, 2.05) is 13.0 Å². The molecule has 0 radical (unpaired) electrons. The molecule has 1 aliphatic heterocycles. The first-order chi connectivity index (χ1) is 8.60. The molecule has 0 bridgehead atoms. The van der Waals surface area contributed by atoms with Crippen LogP contribution in [-0.4, -0.2) is 42.4 Å². The van der Waals surface area contributed by atoms with Crippen LogP contribution >= 0.6 is 0 Å². The number of nitrogens with one attached hydrogen (secondary N) is 1. The summed E-state index contributed by atoms with van der Waals surface area (Å²) in [6.45, 7) is 7.45. The highest BCUT2D eigenvalue weighted by Crippen LogP contribution is 2.18. The summed E-state index contributed by atoms with van der Waals surface area (Å²) in [6, 6.07) is 2.16. The molecular formula is C13H21N3O2. The fraction of sp³-hybridized carbons (Fsp3) is 0.692. The Hall–Kier alpha value is -1.20. The molecule has 1 fully saturated rings. The lowest BCUT2D eigenvalue weighted by atomic mass is 10.1. The molecule has 1 aliphatic rings. The van der Waals surface area contributed by atoms with Gasteiger partial charge in [-0.3, -0.25) is 0 Å². The van der Waals surface area contributed by atoms with Crippen LogP contribution in [0.25, 0.3) is 0 Å². The molecule has 1 aromatic heterocycles. The number of aryl methyl sites for hydroxylation is 1. The van der Waals surface area contributed by atoms with Crippen LogP contribution in [0.5, 0.6) is 0 Å². The molecular weight excluding hydrogens is 230 g/mol. The molecule has 100 valence electrons. The van der Waals surface area contributed by atoms with Crippen molar-refractivity contribution in [2.24, 2.45) is 0 Å². The number of aromatic nitrogens is 2. The van der Waals surface area contributed by atoms with Gasteiger partial charge in [-0.1, -0.05) is 13.8 Å². The summed E-state index contributed by atoms with van der Waals surface area (Å²) in [7, 11) is 1.71. The molecule has 5 heteroatoms.